The van der Waals surface area contributed by atoms with Gasteiger partial charge in [0.05, 0.1) is 13.2 Å². The molecule has 2 aromatic rings. The minimum absolute atomic E-state index is 0.0193. The lowest BCUT2D eigenvalue weighted by molar-refractivity contribution is 0.0707. The number of carbonyl (C=O) groups is 1. The van der Waals surface area contributed by atoms with Crippen LogP contribution in [0.2, 0.25) is 0 Å². The molecule has 0 bridgehead atoms. The first-order valence-corrected chi connectivity index (χ1v) is 8.32. The summed E-state index contributed by atoms with van der Waals surface area (Å²) in [4.78, 5) is 15.0. The molecule has 0 aliphatic carbocycles. The van der Waals surface area contributed by atoms with E-state index in [9.17, 15) is 4.79 Å². The fraction of sp³-hybridized carbons (Fsp3) is 0.444. The average Bonchev–Trinajstić information content (AvgIpc) is 3.29. The maximum atomic E-state index is 13.0. The van der Waals surface area contributed by atoms with Crippen LogP contribution in [0.15, 0.2) is 36.5 Å². The number of fused-ring (bicyclic) bond motifs is 1. The molecule has 4 rings (SSSR count). The number of nitrogens with zero attached hydrogens (tertiary/aromatic N) is 3. The van der Waals surface area contributed by atoms with Crippen LogP contribution in [0.4, 0.5) is 0 Å². The van der Waals surface area contributed by atoms with Crippen molar-refractivity contribution in [1.29, 1.82) is 0 Å². The van der Waals surface area contributed by atoms with Gasteiger partial charge in [-0.05, 0) is 29.7 Å². The molecule has 6 nitrogen and oxygen atoms in total. The van der Waals surface area contributed by atoms with Crippen LogP contribution >= 0.6 is 0 Å². The molecule has 0 spiro atoms. The molecule has 6 heteroatoms. The summed E-state index contributed by atoms with van der Waals surface area (Å²) in [5.41, 5.74) is 1.68. The van der Waals surface area contributed by atoms with E-state index >= 15 is 0 Å². The molecular weight excluding hydrogens is 304 g/mol. The van der Waals surface area contributed by atoms with Gasteiger partial charge in [-0.15, -0.1) is 0 Å². The Morgan fingerprint density at radius 3 is 2.71 bits per heavy atom. The molecule has 1 amide bonds. The number of ether oxygens (including phenoxy) is 1. The van der Waals surface area contributed by atoms with Gasteiger partial charge < -0.3 is 15.0 Å². The van der Waals surface area contributed by atoms with Crippen molar-refractivity contribution in [3.05, 3.63) is 47.8 Å². The highest BCUT2D eigenvalue weighted by molar-refractivity contribution is 5.92. The Hall–Kier alpha value is -2.34. The molecular formula is C18H22N4O2. The summed E-state index contributed by atoms with van der Waals surface area (Å²) in [6, 6.07) is 9.96. The lowest BCUT2D eigenvalue weighted by Gasteiger charge is -2.28. The molecule has 2 aliphatic rings. The van der Waals surface area contributed by atoms with E-state index in [-0.39, 0.29) is 11.9 Å². The number of methoxy groups -OCH3 is 1. The Morgan fingerprint density at radius 1 is 1.25 bits per heavy atom. The van der Waals surface area contributed by atoms with Crippen LogP contribution in [0.25, 0.3) is 0 Å². The summed E-state index contributed by atoms with van der Waals surface area (Å²) < 4.78 is 6.93. The molecule has 0 radical (unpaired) electrons. The predicted octanol–water partition coefficient (Wildman–Crippen LogP) is 1.46. The molecule has 2 fully saturated rings. The maximum Gasteiger partial charge on any atom is 0.274 e. The number of carbonyl (C=O) groups excluding carboxylic acids is 1. The summed E-state index contributed by atoms with van der Waals surface area (Å²) >= 11 is 0. The Kier molecular flexibility index (Phi) is 3.76. The first-order chi connectivity index (χ1) is 11.7. The minimum Gasteiger partial charge on any atom is -0.497 e. The van der Waals surface area contributed by atoms with Crippen LogP contribution in [0.3, 0.4) is 0 Å². The summed E-state index contributed by atoms with van der Waals surface area (Å²) in [6.45, 7) is 2.71. The third-order valence-electron chi connectivity index (χ3n) is 5.22. The van der Waals surface area contributed by atoms with E-state index in [2.05, 4.69) is 22.5 Å². The number of amides is 1. The second-order valence-electron chi connectivity index (χ2n) is 6.63. The van der Waals surface area contributed by atoms with Crippen LogP contribution in [-0.4, -0.2) is 47.3 Å². The number of nitrogens with one attached hydrogen (secondary N) is 1. The van der Waals surface area contributed by atoms with Gasteiger partial charge in [0, 0.05) is 38.8 Å². The SMILES string of the molecule is COc1ccc([C@H]2[C@H]3CNC[C@H]3CN2C(=O)c2ccn(C)n2)cc1. The van der Waals surface area contributed by atoms with E-state index in [1.54, 1.807) is 17.9 Å². The Bertz CT molecular complexity index is 740. The Morgan fingerprint density at radius 2 is 2.04 bits per heavy atom. The van der Waals surface area contributed by atoms with E-state index in [1.807, 2.05) is 30.3 Å². The van der Waals surface area contributed by atoms with Crippen LogP contribution in [0, 0.1) is 11.8 Å². The number of rotatable bonds is 3. The zero-order valence-corrected chi connectivity index (χ0v) is 14.0. The normalized spacial score (nSPS) is 25.8. The van der Waals surface area contributed by atoms with Gasteiger partial charge >= 0.3 is 0 Å². The number of hydrogen-bond donors (Lipinski definition) is 1. The number of likely N-dealkylation sites (tertiary alicyclic amines) is 1. The minimum atomic E-state index is 0.0193. The summed E-state index contributed by atoms with van der Waals surface area (Å²) in [6.07, 6.45) is 1.81. The van der Waals surface area contributed by atoms with Crippen molar-refractivity contribution < 1.29 is 9.53 Å². The van der Waals surface area contributed by atoms with Crippen molar-refractivity contribution in [2.45, 2.75) is 6.04 Å². The van der Waals surface area contributed by atoms with E-state index in [0.29, 0.717) is 17.5 Å². The molecule has 1 aromatic heterocycles. The first-order valence-electron chi connectivity index (χ1n) is 8.32. The molecule has 126 valence electrons. The second kappa shape index (κ2) is 5.94. The van der Waals surface area contributed by atoms with Crippen molar-refractivity contribution in [2.24, 2.45) is 18.9 Å². The zero-order valence-electron chi connectivity index (χ0n) is 14.0. The molecule has 3 heterocycles. The molecule has 0 saturated carbocycles. The van der Waals surface area contributed by atoms with Crippen molar-refractivity contribution in [2.75, 3.05) is 26.7 Å². The van der Waals surface area contributed by atoms with Crippen molar-refractivity contribution >= 4 is 5.91 Å². The highest BCUT2D eigenvalue weighted by Crippen LogP contribution is 2.43. The number of hydrogen-bond acceptors (Lipinski definition) is 4. The van der Waals surface area contributed by atoms with Crippen LogP contribution in [0.1, 0.15) is 22.1 Å². The van der Waals surface area contributed by atoms with Gasteiger partial charge in [-0.25, -0.2) is 0 Å². The van der Waals surface area contributed by atoms with Crippen molar-refractivity contribution in [1.82, 2.24) is 20.0 Å². The van der Waals surface area contributed by atoms with Gasteiger partial charge in [0.15, 0.2) is 0 Å². The molecule has 1 aromatic carbocycles. The van der Waals surface area contributed by atoms with E-state index in [1.165, 1.54) is 0 Å². The largest absolute Gasteiger partial charge is 0.497 e. The van der Waals surface area contributed by atoms with Crippen LogP contribution in [-0.2, 0) is 7.05 Å². The van der Waals surface area contributed by atoms with Gasteiger partial charge in [-0.2, -0.15) is 5.10 Å². The summed E-state index contributed by atoms with van der Waals surface area (Å²) in [5, 5.41) is 7.76. The third kappa shape index (κ3) is 2.47. The number of aryl methyl sites for hydroxylation is 1. The summed E-state index contributed by atoms with van der Waals surface area (Å²) in [5.74, 6) is 1.81. The second-order valence-corrected chi connectivity index (χ2v) is 6.63. The van der Waals surface area contributed by atoms with Gasteiger partial charge in [0.25, 0.3) is 5.91 Å². The fourth-order valence-corrected chi connectivity index (χ4v) is 4.03. The highest BCUT2D eigenvalue weighted by Gasteiger charge is 2.47. The lowest BCUT2D eigenvalue weighted by Crippen LogP contribution is -2.35. The van der Waals surface area contributed by atoms with E-state index in [0.717, 1.165) is 30.9 Å². The first kappa shape index (κ1) is 15.2. The lowest BCUT2D eigenvalue weighted by atomic mass is 9.89. The monoisotopic (exact) mass is 326 g/mol. The topological polar surface area (TPSA) is 59.4 Å². The van der Waals surface area contributed by atoms with Crippen molar-refractivity contribution in [3.63, 3.8) is 0 Å². The Labute approximate surface area is 141 Å². The third-order valence-corrected chi connectivity index (χ3v) is 5.22. The number of aromatic nitrogens is 2. The molecule has 1 N–H and O–H groups in total. The highest BCUT2D eigenvalue weighted by atomic mass is 16.5. The molecule has 2 saturated heterocycles. The average molecular weight is 326 g/mol. The maximum absolute atomic E-state index is 13.0. The standard InChI is InChI=1S/C18H22N4O2/c1-21-8-7-16(20-21)18(23)22-11-13-9-19-10-15(13)17(22)12-3-5-14(24-2)6-4-12/h3-8,13,15,17,19H,9-11H2,1-2H3/t13-,15-,17-/m0/s1. The number of benzene rings is 1. The zero-order chi connectivity index (χ0) is 16.7. The van der Waals surface area contributed by atoms with Gasteiger partial charge in [-0.1, -0.05) is 12.1 Å². The van der Waals surface area contributed by atoms with Crippen LogP contribution < -0.4 is 10.1 Å². The van der Waals surface area contributed by atoms with Gasteiger partial charge in [-0.3, -0.25) is 9.48 Å². The van der Waals surface area contributed by atoms with Gasteiger partial charge in [0.2, 0.25) is 0 Å². The molecule has 2 aliphatic heterocycles. The Balaban J connectivity index is 1.67. The smallest absolute Gasteiger partial charge is 0.274 e. The molecule has 24 heavy (non-hydrogen) atoms. The van der Waals surface area contributed by atoms with Gasteiger partial charge in [0.1, 0.15) is 11.4 Å². The molecule has 0 unspecified atom stereocenters. The van der Waals surface area contributed by atoms with E-state index < -0.39 is 0 Å². The summed E-state index contributed by atoms with van der Waals surface area (Å²) in [7, 11) is 3.50. The predicted molar refractivity (Wildman–Crippen MR) is 89.8 cm³/mol. The quantitative estimate of drug-likeness (QED) is 0.928. The van der Waals surface area contributed by atoms with Crippen molar-refractivity contribution in [3.8, 4) is 5.75 Å². The van der Waals surface area contributed by atoms with Crippen LogP contribution in [0.5, 0.6) is 5.75 Å². The molecule has 3 atom stereocenters. The fourth-order valence-electron chi connectivity index (χ4n) is 4.03. The van der Waals surface area contributed by atoms with E-state index in [4.69, 9.17) is 4.74 Å².